The van der Waals surface area contributed by atoms with Gasteiger partial charge in [-0.05, 0) is 12.5 Å². The first-order valence-electron chi connectivity index (χ1n) is 6.26. The van der Waals surface area contributed by atoms with E-state index in [2.05, 4.69) is 10.6 Å². The molecule has 106 valence electrons. The van der Waals surface area contributed by atoms with Crippen molar-refractivity contribution in [3.05, 3.63) is 47.1 Å². The minimum atomic E-state index is -0.687. The first-order chi connectivity index (χ1) is 9.67. The highest BCUT2D eigenvalue weighted by molar-refractivity contribution is 6.26. The molecule has 1 fully saturated rings. The lowest BCUT2D eigenvalue weighted by atomic mass is 9.89. The van der Waals surface area contributed by atoms with E-state index in [1.807, 2.05) is 30.3 Å². The van der Waals surface area contributed by atoms with Gasteiger partial charge in [0.2, 0.25) is 0 Å². The average molecular weight is 295 g/mol. The molecule has 2 N–H and O–H groups in total. The fourth-order valence-electron chi connectivity index (χ4n) is 2.18. The zero-order chi connectivity index (χ0) is 14.5. The number of halogens is 1. The Morgan fingerprint density at radius 2 is 2.10 bits per heavy atom. The van der Waals surface area contributed by atoms with Crippen molar-refractivity contribution < 1.29 is 14.3 Å². The highest BCUT2D eigenvalue weighted by Crippen LogP contribution is 2.31. The van der Waals surface area contributed by atoms with Crippen LogP contribution in [0.1, 0.15) is 18.5 Å². The second kappa shape index (κ2) is 6.43. The molecule has 1 saturated heterocycles. The van der Waals surface area contributed by atoms with Crippen LogP contribution in [0.3, 0.4) is 0 Å². The second-order valence-electron chi connectivity index (χ2n) is 4.28. The van der Waals surface area contributed by atoms with Crippen molar-refractivity contribution in [2.75, 3.05) is 6.61 Å². The molecule has 6 heteroatoms. The predicted octanol–water partition coefficient (Wildman–Crippen LogP) is 2.30. The van der Waals surface area contributed by atoms with Crippen molar-refractivity contribution in [1.29, 1.82) is 0 Å². The molecule has 0 saturated carbocycles. The van der Waals surface area contributed by atoms with Crippen LogP contribution in [0.2, 0.25) is 0 Å². The molecule has 1 heterocycles. The van der Waals surface area contributed by atoms with Gasteiger partial charge in [-0.1, -0.05) is 41.9 Å². The van der Waals surface area contributed by atoms with E-state index in [1.165, 1.54) is 5.54 Å². The quantitative estimate of drug-likeness (QED) is 0.841. The Hall–Kier alpha value is -2.01. The van der Waals surface area contributed by atoms with Crippen LogP contribution in [-0.4, -0.2) is 18.6 Å². The Labute approximate surface area is 121 Å². The van der Waals surface area contributed by atoms with Crippen molar-refractivity contribution in [2.45, 2.75) is 13.0 Å². The summed E-state index contributed by atoms with van der Waals surface area (Å²) in [5.74, 6) is -1.12. The average Bonchev–Trinajstić information content (AvgIpc) is 2.47. The number of carbonyl (C=O) groups is 2. The molecule has 2 rings (SSSR count). The normalized spacial score (nSPS) is 23.9. The maximum absolute atomic E-state index is 12.1. The van der Waals surface area contributed by atoms with Crippen molar-refractivity contribution >= 4 is 23.6 Å². The third kappa shape index (κ3) is 2.93. The van der Waals surface area contributed by atoms with Gasteiger partial charge in [-0.15, -0.1) is 0 Å². The lowest BCUT2D eigenvalue weighted by Crippen LogP contribution is -2.51. The monoisotopic (exact) mass is 294 g/mol. The van der Waals surface area contributed by atoms with E-state index >= 15 is 0 Å². The first-order valence-corrected chi connectivity index (χ1v) is 6.70. The van der Waals surface area contributed by atoms with E-state index in [4.69, 9.17) is 16.3 Å². The van der Waals surface area contributed by atoms with E-state index in [0.717, 1.165) is 5.56 Å². The summed E-state index contributed by atoms with van der Waals surface area (Å²) in [5, 5.41) is 5.27. The number of nitrogens with one attached hydrogen (secondary N) is 2. The lowest BCUT2D eigenvalue weighted by molar-refractivity contribution is -0.147. The topological polar surface area (TPSA) is 67.4 Å². The minimum Gasteiger partial charge on any atom is -0.465 e. The molecule has 5 nitrogen and oxygen atoms in total. The number of esters is 1. The number of urea groups is 1. The van der Waals surface area contributed by atoms with E-state index in [-0.39, 0.29) is 6.61 Å². The molecular formula is C14H15ClN2O3. The summed E-state index contributed by atoms with van der Waals surface area (Å²) < 4.78 is 5.07. The van der Waals surface area contributed by atoms with Gasteiger partial charge in [-0.2, -0.15) is 0 Å². The molecule has 0 bridgehead atoms. The SMILES string of the molecule is CCOC(=O)C1C(=CCl)NC(=O)NC1c1ccccc1. The highest BCUT2D eigenvalue weighted by Gasteiger charge is 2.39. The highest BCUT2D eigenvalue weighted by atomic mass is 35.5. The second-order valence-corrected chi connectivity index (χ2v) is 4.50. The molecule has 1 aliphatic rings. The van der Waals surface area contributed by atoms with Gasteiger partial charge in [0, 0.05) is 11.2 Å². The number of carbonyl (C=O) groups excluding carboxylic acids is 2. The molecule has 2 atom stereocenters. The van der Waals surface area contributed by atoms with E-state index in [0.29, 0.717) is 5.70 Å². The van der Waals surface area contributed by atoms with Crippen LogP contribution in [0, 0.1) is 5.92 Å². The fourth-order valence-corrected chi connectivity index (χ4v) is 2.37. The van der Waals surface area contributed by atoms with Crippen molar-refractivity contribution in [3.8, 4) is 0 Å². The number of amides is 2. The standard InChI is InChI=1S/C14H15ClN2O3/c1-2-20-13(18)11-10(8-15)16-14(19)17-12(11)9-6-4-3-5-7-9/h3-8,11-12H,2H2,1H3,(H2,16,17,19). The van der Waals surface area contributed by atoms with Crippen LogP contribution >= 0.6 is 11.6 Å². The summed E-state index contributed by atoms with van der Waals surface area (Å²) in [6, 6.07) is 8.33. The number of benzene rings is 1. The van der Waals surface area contributed by atoms with Gasteiger partial charge in [-0.3, -0.25) is 4.79 Å². The maximum atomic E-state index is 12.1. The van der Waals surface area contributed by atoms with E-state index < -0.39 is 24.0 Å². The summed E-state index contributed by atoms with van der Waals surface area (Å²) in [7, 11) is 0. The number of rotatable bonds is 3. The number of hydrogen-bond acceptors (Lipinski definition) is 3. The largest absolute Gasteiger partial charge is 0.465 e. The van der Waals surface area contributed by atoms with Crippen LogP contribution in [0.15, 0.2) is 41.6 Å². The zero-order valence-corrected chi connectivity index (χ0v) is 11.7. The van der Waals surface area contributed by atoms with Gasteiger partial charge in [0.25, 0.3) is 0 Å². The molecule has 1 aromatic carbocycles. The Bertz CT molecular complexity index is 530. The van der Waals surface area contributed by atoms with Gasteiger partial charge in [-0.25, -0.2) is 4.79 Å². The van der Waals surface area contributed by atoms with Gasteiger partial charge < -0.3 is 15.4 Å². The fraction of sp³-hybridized carbons (Fsp3) is 0.286. The first kappa shape index (κ1) is 14.4. The molecule has 0 spiro atoms. The van der Waals surface area contributed by atoms with Gasteiger partial charge in [0.15, 0.2) is 0 Å². The van der Waals surface area contributed by atoms with Crippen molar-refractivity contribution in [1.82, 2.24) is 10.6 Å². The summed E-state index contributed by atoms with van der Waals surface area (Å²) in [6.07, 6.45) is 0. The summed E-state index contributed by atoms with van der Waals surface area (Å²) in [4.78, 5) is 23.8. The summed E-state index contributed by atoms with van der Waals surface area (Å²) in [6.45, 7) is 1.99. The molecule has 1 aliphatic heterocycles. The zero-order valence-electron chi connectivity index (χ0n) is 10.9. The van der Waals surface area contributed by atoms with Gasteiger partial charge >= 0.3 is 12.0 Å². The molecule has 2 amide bonds. The Morgan fingerprint density at radius 3 is 2.70 bits per heavy atom. The number of ether oxygens (including phenoxy) is 1. The Kier molecular flexibility index (Phi) is 4.63. The van der Waals surface area contributed by atoms with Gasteiger partial charge in [0.1, 0.15) is 5.92 Å². The molecule has 1 aromatic rings. The molecule has 20 heavy (non-hydrogen) atoms. The van der Waals surface area contributed by atoms with Crippen LogP contribution in [0.4, 0.5) is 4.79 Å². The Morgan fingerprint density at radius 1 is 1.40 bits per heavy atom. The molecule has 0 radical (unpaired) electrons. The maximum Gasteiger partial charge on any atom is 0.319 e. The summed E-state index contributed by atoms with van der Waals surface area (Å²) >= 11 is 5.73. The number of hydrogen-bond donors (Lipinski definition) is 2. The van der Waals surface area contributed by atoms with Crippen LogP contribution < -0.4 is 10.6 Å². The smallest absolute Gasteiger partial charge is 0.319 e. The lowest BCUT2D eigenvalue weighted by Gasteiger charge is -2.33. The van der Waals surface area contributed by atoms with Gasteiger partial charge in [0.05, 0.1) is 12.6 Å². The van der Waals surface area contributed by atoms with Crippen LogP contribution in [0.25, 0.3) is 0 Å². The molecule has 2 unspecified atom stereocenters. The van der Waals surface area contributed by atoms with Crippen molar-refractivity contribution in [2.24, 2.45) is 5.92 Å². The molecular weight excluding hydrogens is 280 g/mol. The molecule has 0 aliphatic carbocycles. The predicted molar refractivity (Wildman–Crippen MR) is 74.9 cm³/mol. The van der Waals surface area contributed by atoms with Crippen molar-refractivity contribution in [3.63, 3.8) is 0 Å². The van der Waals surface area contributed by atoms with Crippen LogP contribution in [0.5, 0.6) is 0 Å². The Balaban J connectivity index is 2.38. The van der Waals surface area contributed by atoms with E-state index in [9.17, 15) is 9.59 Å². The molecule has 0 aromatic heterocycles. The third-order valence-corrected chi connectivity index (χ3v) is 3.26. The minimum absolute atomic E-state index is 0.264. The van der Waals surface area contributed by atoms with Crippen LogP contribution in [-0.2, 0) is 9.53 Å². The van der Waals surface area contributed by atoms with E-state index in [1.54, 1.807) is 6.92 Å². The third-order valence-electron chi connectivity index (χ3n) is 3.03. The summed E-state index contributed by atoms with van der Waals surface area (Å²) in [5.41, 5.74) is 2.36.